The lowest BCUT2D eigenvalue weighted by molar-refractivity contribution is 0.170. The molecule has 0 radical (unpaired) electrons. The maximum Gasteiger partial charge on any atom is 0.264 e. The molecule has 102 valence electrons. The molecular formula is C10H15O6PS. The molecule has 1 unspecified atom stereocenters. The lowest BCUT2D eigenvalue weighted by Gasteiger charge is -2.11. The topological polar surface area (TPSA) is 101 Å². The van der Waals surface area contributed by atoms with Crippen molar-refractivity contribution in [1.82, 2.24) is 0 Å². The first-order chi connectivity index (χ1) is 8.31. The van der Waals surface area contributed by atoms with Gasteiger partial charge in [-0.3, -0.25) is 9.12 Å². The summed E-state index contributed by atoms with van der Waals surface area (Å²) >= 11 is 0. The highest BCUT2D eigenvalue weighted by molar-refractivity contribution is 7.85. The van der Waals surface area contributed by atoms with E-state index in [0.29, 0.717) is 5.30 Å². The highest BCUT2D eigenvalue weighted by Gasteiger charge is 2.20. The van der Waals surface area contributed by atoms with Gasteiger partial charge in [-0.2, -0.15) is 8.42 Å². The Morgan fingerprint density at radius 1 is 1.22 bits per heavy atom. The first-order valence-electron chi connectivity index (χ1n) is 5.22. The van der Waals surface area contributed by atoms with Crippen LogP contribution in [0, 0.1) is 0 Å². The zero-order chi connectivity index (χ0) is 13.6. The summed E-state index contributed by atoms with van der Waals surface area (Å²) in [6.07, 6.45) is -0.296. The van der Waals surface area contributed by atoms with E-state index in [2.05, 4.69) is 0 Å². The molecule has 0 heterocycles. The average Bonchev–Trinajstić information content (AvgIpc) is 2.28. The molecule has 0 fully saturated rings. The van der Waals surface area contributed by atoms with Crippen LogP contribution in [0.3, 0.4) is 0 Å². The lowest BCUT2D eigenvalue weighted by Crippen LogP contribution is -2.11. The largest absolute Gasteiger partial charge is 0.371 e. The van der Waals surface area contributed by atoms with Gasteiger partial charge >= 0.3 is 0 Å². The second-order valence-corrected chi connectivity index (χ2v) is 7.46. The van der Waals surface area contributed by atoms with Crippen molar-refractivity contribution >= 4 is 22.8 Å². The summed E-state index contributed by atoms with van der Waals surface area (Å²) < 4.78 is 46.1. The molecule has 8 heteroatoms. The van der Waals surface area contributed by atoms with Crippen LogP contribution < -0.4 is 5.30 Å². The van der Waals surface area contributed by atoms with Gasteiger partial charge in [-0.15, -0.1) is 0 Å². The number of hydrogen-bond acceptors (Lipinski definition) is 4. The number of rotatable bonds is 7. The minimum atomic E-state index is -4.00. The third-order valence-corrected chi connectivity index (χ3v) is 4.56. The molecular weight excluding hydrogens is 279 g/mol. The van der Waals surface area contributed by atoms with E-state index in [-0.39, 0.29) is 19.4 Å². The second-order valence-electron chi connectivity index (χ2n) is 3.71. The van der Waals surface area contributed by atoms with Crippen LogP contribution in [0.4, 0.5) is 0 Å². The van der Waals surface area contributed by atoms with Crippen molar-refractivity contribution in [2.45, 2.75) is 6.42 Å². The molecule has 1 aromatic rings. The summed E-state index contributed by atoms with van der Waals surface area (Å²) in [4.78, 5) is 9.71. The SMILES string of the molecule is O=P(O)(COCCCS(=O)(=O)O)c1ccccc1. The van der Waals surface area contributed by atoms with E-state index in [4.69, 9.17) is 9.29 Å². The van der Waals surface area contributed by atoms with Gasteiger partial charge in [0.25, 0.3) is 17.5 Å². The molecule has 0 spiro atoms. The van der Waals surface area contributed by atoms with E-state index in [9.17, 15) is 17.9 Å². The van der Waals surface area contributed by atoms with Gasteiger partial charge in [-0.05, 0) is 18.6 Å². The zero-order valence-corrected chi connectivity index (χ0v) is 11.3. The van der Waals surface area contributed by atoms with Gasteiger partial charge in [-0.25, -0.2) is 0 Å². The van der Waals surface area contributed by atoms with Crippen molar-refractivity contribution in [1.29, 1.82) is 0 Å². The summed E-state index contributed by atoms with van der Waals surface area (Å²) in [5.41, 5.74) is 0. The van der Waals surface area contributed by atoms with E-state index in [0.717, 1.165) is 0 Å². The van der Waals surface area contributed by atoms with Crippen LogP contribution in [-0.4, -0.2) is 36.6 Å². The van der Waals surface area contributed by atoms with Gasteiger partial charge in [0.15, 0.2) is 0 Å². The Morgan fingerprint density at radius 2 is 1.83 bits per heavy atom. The van der Waals surface area contributed by atoms with Crippen LogP contribution in [0.25, 0.3) is 0 Å². The lowest BCUT2D eigenvalue weighted by atomic mass is 10.4. The van der Waals surface area contributed by atoms with Crippen molar-refractivity contribution < 1.29 is 27.2 Å². The number of hydrogen-bond donors (Lipinski definition) is 2. The zero-order valence-electron chi connectivity index (χ0n) is 9.60. The Kier molecular flexibility index (Phi) is 5.49. The smallest absolute Gasteiger partial charge is 0.264 e. The monoisotopic (exact) mass is 294 g/mol. The van der Waals surface area contributed by atoms with Crippen molar-refractivity contribution in [3.05, 3.63) is 30.3 Å². The Bertz CT molecular complexity index is 512. The molecule has 1 atom stereocenters. The maximum atomic E-state index is 11.8. The highest BCUT2D eigenvalue weighted by Crippen LogP contribution is 2.38. The fourth-order valence-electron chi connectivity index (χ4n) is 1.27. The Balaban J connectivity index is 2.37. The van der Waals surface area contributed by atoms with Gasteiger partial charge in [0.2, 0.25) is 0 Å². The van der Waals surface area contributed by atoms with Crippen molar-refractivity contribution in [3.8, 4) is 0 Å². The van der Waals surface area contributed by atoms with Gasteiger partial charge in [-0.1, -0.05) is 18.2 Å². The molecule has 0 amide bonds. The number of ether oxygens (including phenoxy) is 1. The maximum absolute atomic E-state index is 11.8. The van der Waals surface area contributed by atoms with E-state index in [1.54, 1.807) is 18.2 Å². The molecule has 0 saturated carbocycles. The Hall–Kier alpha value is -0.720. The minimum Gasteiger partial charge on any atom is -0.371 e. The van der Waals surface area contributed by atoms with E-state index < -0.39 is 23.2 Å². The first kappa shape index (κ1) is 15.3. The molecule has 0 aliphatic heterocycles. The molecule has 1 aromatic carbocycles. The first-order valence-corrected chi connectivity index (χ1v) is 8.67. The summed E-state index contributed by atoms with van der Waals surface area (Å²) in [5, 5.41) is 0.291. The van der Waals surface area contributed by atoms with Crippen LogP contribution in [0.5, 0.6) is 0 Å². The molecule has 18 heavy (non-hydrogen) atoms. The standard InChI is InChI=1S/C10H15O6PS/c11-17(12,10-5-2-1-3-6-10)9-16-7-4-8-18(13,14)15/h1-3,5-6H,4,7-9H2,(H,11,12)(H,13,14,15). The van der Waals surface area contributed by atoms with Crippen LogP contribution in [-0.2, 0) is 19.4 Å². The quantitative estimate of drug-likeness (QED) is 0.439. The van der Waals surface area contributed by atoms with E-state index >= 15 is 0 Å². The second kappa shape index (κ2) is 6.45. The molecule has 0 bridgehead atoms. The summed E-state index contributed by atoms with van der Waals surface area (Å²) in [7, 11) is -7.56. The molecule has 1 rings (SSSR count). The van der Waals surface area contributed by atoms with Crippen molar-refractivity contribution in [2.75, 3.05) is 18.7 Å². The summed E-state index contributed by atoms with van der Waals surface area (Å²) in [6.45, 7) is -0.00280. The van der Waals surface area contributed by atoms with Crippen molar-refractivity contribution in [2.24, 2.45) is 0 Å². The van der Waals surface area contributed by atoms with E-state index in [1.807, 2.05) is 0 Å². The van der Waals surface area contributed by atoms with Crippen LogP contribution >= 0.6 is 7.37 Å². The van der Waals surface area contributed by atoms with Crippen molar-refractivity contribution in [3.63, 3.8) is 0 Å². The summed E-state index contributed by atoms with van der Waals surface area (Å²) in [6, 6.07) is 8.09. The number of benzene rings is 1. The predicted octanol–water partition coefficient (Wildman–Crippen LogP) is 0.834. The van der Waals surface area contributed by atoms with E-state index in [1.165, 1.54) is 12.1 Å². The third kappa shape index (κ3) is 5.75. The minimum absolute atomic E-state index is 0.00280. The highest BCUT2D eigenvalue weighted by atomic mass is 32.2. The van der Waals surface area contributed by atoms with Crippen LogP contribution in [0.1, 0.15) is 6.42 Å². The Morgan fingerprint density at radius 3 is 2.39 bits per heavy atom. The summed E-state index contributed by atoms with van der Waals surface area (Å²) in [5.74, 6) is -0.423. The molecule has 0 aromatic heterocycles. The van der Waals surface area contributed by atoms with Crippen LogP contribution in [0.15, 0.2) is 30.3 Å². The fraction of sp³-hybridized carbons (Fsp3) is 0.400. The normalized spacial score (nSPS) is 15.2. The van der Waals surface area contributed by atoms with Gasteiger partial charge in [0.1, 0.15) is 6.35 Å². The molecule has 0 aliphatic rings. The Labute approximate surface area is 106 Å². The molecule has 6 nitrogen and oxygen atoms in total. The van der Waals surface area contributed by atoms with Gasteiger partial charge in [0, 0.05) is 11.9 Å². The molecule has 0 saturated heterocycles. The molecule has 0 aliphatic carbocycles. The van der Waals surface area contributed by atoms with Gasteiger partial charge in [0.05, 0.1) is 5.75 Å². The molecule has 2 N–H and O–H groups in total. The third-order valence-electron chi connectivity index (χ3n) is 2.12. The van der Waals surface area contributed by atoms with Crippen LogP contribution in [0.2, 0.25) is 0 Å². The van der Waals surface area contributed by atoms with Gasteiger partial charge < -0.3 is 9.63 Å². The fourth-order valence-corrected chi connectivity index (χ4v) is 2.91. The predicted molar refractivity (Wildman–Crippen MR) is 67.8 cm³/mol. The average molecular weight is 294 g/mol.